The lowest BCUT2D eigenvalue weighted by Crippen LogP contribution is -2.40. The molecule has 0 spiro atoms. The van der Waals surface area contributed by atoms with Crippen molar-refractivity contribution in [1.29, 1.82) is 0 Å². The van der Waals surface area contributed by atoms with Crippen LogP contribution in [0.4, 0.5) is 11.4 Å². The molecule has 0 bridgehead atoms. The van der Waals surface area contributed by atoms with E-state index in [1.165, 1.54) is 22.9 Å². The number of hydrogen-bond acceptors (Lipinski definition) is 8. The van der Waals surface area contributed by atoms with Crippen LogP contribution in [0.5, 0.6) is 0 Å². The summed E-state index contributed by atoms with van der Waals surface area (Å²) in [7, 11) is -8.84. The van der Waals surface area contributed by atoms with Crippen molar-refractivity contribution in [3.63, 3.8) is 0 Å². The van der Waals surface area contributed by atoms with E-state index in [-0.39, 0.29) is 17.9 Å². The third kappa shape index (κ3) is 6.15. The number of carbonyl (C=O) groups is 1. The first-order valence-corrected chi connectivity index (χ1v) is 19.9. The van der Waals surface area contributed by atoms with Gasteiger partial charge in [0.2, 0.25) is 0 Å². The van der Waals surface area contributed by atoms with Gasteiger partial charge < -0.3 is 14.9 Å². The van der Waals surface area contributed by atoms with Crippen molar-refractivity contribution in [2.45, 2.75) is 81.7 Å². The van der Waals surface area contributed by atoms with Crippen LogP contribution < -0.4 is 9.80 Å². The van der Waals surface area contributed by atoms with E-state index in [1.807, 2.05) is 0 Å². The van der Waals surface area contributed by atoms with Crippen LogP contribution >= 0.6 is 0 Å². The highest BCUT2D eigenvalue weighted by Gasteiger charge is 2.42. The molecule has 11 nitrogen and oxygen atoms in total. The molecule has 260 valence electrons. The maximum atomic E-state index is 12.5. The number of nitrogens with zero attached hydrogens (tertiary/aromatic N) is 3. The minimum atomic E-state index is -4.43. The highest BCUT2D eigenvalue weighted by molar-refractivity contribution is 7.86. The molecule has 13 heteroatoms. The number of hydrogen-bond donors (Lipinski definition) is 3. The van der Waals surface area contributed by atoms with E-state index in [0.29, 0.717) is 17.8 Å². The summed E-state index contributed by atoms with van der Waals surface area (Å²) in [5, 5.41) is 10.2. The predicted octanol–water partition coefficient (Wildman–Crippen LogP) is 4.79. The first-order valence-electron chi connectivity index (χ1n) is 16.8. The van der Waals surface area contributed by atoms with Crippen molar-refractivity contribution in [2.24, 2.45) is 4.99 Å². The van der Waals surface area contributed by atoms with Gasteiger partial charge in [-0.25, -0.2) is 4.79 Å². The highest BCUT2D eigenvalue weighted by Crippen LogP contribution is 2.51. The Morgan fingerprint density at radius 3 is 2.31 bits per heavy atom. The van der Waals surface area contributed by atoms with Crippen molar-refractivity contribution in [3.8, 4) is 0 Å². The Labute approximate surface area is 287 Å². The fraction of sp³-hybridized carbons (Fsp3) is 0.444. The molecule has 1 atom stereocenters. The number of rotatable bonds is 8. The molecule has 4 aliphatic rings. The van der Waals surface area contributed by atoms with E-state index in [9.17, 15) is 35.8 Å². The second-order valence-corrected chi connectivity index (χ2v) is 17.1. The molecule has 0 saturated carbocycles. The molecule has 7 rings (SSSR count). The Kier molecular flexibility index (Phi) is 8.40. The number of carboxylic acids is 1. The number of aliphatic imine (C=N–C) groups is 1. The standard InChI is InChI=1S/C36H41N3O8S2/c1-36(2)28-20-30-22(9-5-16-39(30)21-24-8-3-4-12-31(24)49(45,46)47)18-26(28)33(37-29(35(40)41)13-17-48(42,43)44)27-19-23-10-6-14-38-15-7-11-25(32(27)36)34(23)38/h3-4,8,12,18-20,29H,5-7,9-11,13-17,21H2,1-2H3,(H,40,41)(H,42,43,44)(H,45,46,47). The third-order valence-corrected chi connectivity index (χ3v) is 12.3. The van der Waals surface area contributed by atoms with Crippen LogP contribution in [-0.4, -0.2) is 74.2 Å². The van der Waals surface area contributed by atoms with Gasteiger partial charge >= 0.3 is 5.97 Å². The molecule has 1 aliphatic carbocycles. The summed E-state index contributed by atoms with van der Waals surface area (Å²) in [6.45, 7) is 7.29. The van der Waals surface area contributed by atoms with Crippen molar-refractivity contribution in [2.75, 3.05) is 35.2 Å². The average molecular weight is 708 g/mol. The van der Waals surface area contributed by atoms with Crippen molar-refractivity contribution < 1.29 is 35.8 Å². The second kappa shape index (κ2) is 12.2. The summed E-state index contributed by atoms with van der Waals surface area (Å²) in [6, 6.07) is 11.4. The molecular weight excluding hydrogens is 667 g/mol. The molecule has 3 aliphatic heterocycles. The van der Waals surface area contributed by atoms with E-state index >= 15 is 0 Å². The number of fused-ring (bicyclic) bond motifs is 4. The van der Waals surface area contributed by atoms with E-state index in [1.54, 1.807) is 18.2 Å². The quantitative estimate of drug-likeness (QED) is 0.277. The topological polar surface area (TPSA) is 165 Å². The summed E-state index contributed by atoms with van der Waals surface area (Å²) < 4.78 is 67.2. The Morgan fingerprint density at radius 2 is 1.59 bits per heavy atom. The van der Waals surface area contributed by atoms with Gasteiger partial charge in [-0.2, -0.15) is 16.8 Å². The lowest BCUT2D eigenvalue weighted by atomic mass is 9.64. The zero-order valence-corrected chi connectivity index (χ0v) is 29.3. The Hall–Kier alpha value is -3.78. The summed E-state index contributed by atoms with van der Waals surface area (Å²) in [5.41, 5.74) is 9.91. The van der Waals surface area contributed by atoms with Gasteiger partial charge in [-0.15, -0.1) is 0 Å². The summed E-state index contributed by atoms with van der Waals surface area (Å²) in [4.78, 5) is 21.9. The van der Waals surface area contributed by atoms with Crippen LogP contribution in [0.25, 0.3) is 0 Å². The Morgan fingerprint density at radius 1 is 0.918 bits per heavy atom. The van der Waals surface area contributed by atoms with Gasteiger partial charge in [0, 0.05) is 54.1 Å². The van der Waals surface area contributed by atoms with Gasteiger partial charge in [0.1, 0.15) is 6.04 Å². The van der Waals surface area contributed by atoms with Crippen LogP contribution in [0.1, 0.15) is 84.0 Å². The highest BCUT2D eigenvalue weighted by atomic mass is 32.2. The summed E-state index contributed by atoms with van der Waals surface area (Å²) >= 11 is 0. The van der Waals surface area contributed by atoms with Gasteiger partial charge in [-0.05, 0) is 103 Å². The smallest absolute Gasteiger partial charge is 0.328 e. The maximum absolute atomic E-state index is 12.5. The van der Waals surface area contributed by atoms with Gasteiger partial charge in [-0.3, -0.25) is 14.1 Å². The van der Waals surface area contributed by atoms with Crippen LogP contribution in [0.3, 0.4) is 0 Å². The molecule has 3 heterocycles. The minimum absolute atomic E-state index is 0.123. The predicted molar refractivity (Wildman–Crippen MR) is 188 cm³/mol. The number of aliphatic carboxylic acids is 1. The molecule has 0 radical (unpaired) electrons. The fourth-order valence-electron chi connectivity index (χ4n) is 8.52. The SMILES string of the molecule is CC1(C)c2cc3c(cc2C(=NC(CCS(=O)(=O)O)C(=O)O)c2cc4c5c(c21)CCCN5CCC4)CCCN3Cc1ccccc1S(=O)(=O)O. The first-order chi connectivity index (χ1) is 23.1. The number of carboxylic acid groups (broad SMARTS) is 1. The molecule has 3 aromatic carbocycles. The normalized spacial score (nSPS) is 19.5. The van der Waals surface area contributed by atoms with Crippen LogP contribution in [-0.2, 0) is 56.3 Å². The fourth-order valence-corrected chi connectivity index (χ4v) is 9.75. The molecular formula is C36H41N3O8S2. The lowest BCUT2D eigenvalue weighted by Gasteiger charge is -2.45. The van der Waals surface area contributed by atoms with Crippen LogP contribution in [0.2, 0.25) is 0 Å². The van der Waals surface area contributed by atoms with Crippen molar-refractivity contribution in [3.05, 3.63) is 87.0 Å². The molecule has 0 saturated heterocycles. The monoisotopic (exact) mass is 707 g/mol. The van der Waals surface area contributed by atoms with Crippen molar-refractivity contribution >= 4 is 43.3 Å². The first kappa shape index (κ1) is 33.7. The van der Waals surface area contributed by atoms with Crippen LogP contribution in [0.15, 0.2) is 52.4 Å². The number of benzene rings is 3. The molecule has 3 N–H and O–H groups in total. The number of anilines is 2. The minimum Gasteiger partial charge on any atom is -0.480 e. The van der Waals surface area contributed by atoms with E-state index in [0.717, 1.165) is 85.1 Å². The average Bonchev–Trinajstić information content (AvgIpc) is 3.03. The van der Waals surface area contributed by atoms with Gasteiger partial charge in [-0.1, -0.05) is 32.0 Å². The Bertz CT molecular complexity index is 2120. The van der Waals surface area contributed by atoms with Gasteiger partial charge in [0.15, 0.2) is 0 Å². The Balaban J connectivity index is 1.44. The summed E-state index contributed by atoms with van der Waals surface area (Å²) in [5.74, 6) is -1.99. The summed E-state index contributed by atoms with van der Waals surface area (Å²) in [6.07, 6.45) is 4.97. The van der Waals surface area contributed by atoms with Gasteiger partial charge in [0.25, 0.3) is 20.2 Å². The van der Waals surface area contributed by atoms with Crippen molar-refractivity contribution in [1.82, 2.24) is 0 Å². The maximum Gasteiger partial charge on any atom is 0.328 e. The molecule has 0 amide bonds. The zero-order chi connectivity index (χ0) is 34.9. The van der Waals surface area contributed by atoms with E-state index < -0.39 is 43.4 Å². The molecule has 0 fully saturated rings. The largest absolute Gasteiger partial charge is 0.480 e. The molecule has 0 aromatic heterocycles. The zero-order valence-electron chi connectivity index (χ0n) is 27.6. The number of aryl methyl sites for hydroxylation is 2. The molecule has 1 unspecified atom stereocenters. The second-order valence-electron chi connectivity index (χ2n) is 14.1. The molecule has 3 aromatic rings. The third-order valence-electron chi connectivity index (χ3n) is 10.6. The van der Waals surface area contributed by atoms with Gasteiger partial charge in [0.05, 0.1) is 16.4 Å². The molecule has 49 heavy (non-hydrogen) atoms. The van der Waals surface area contributed by atoms with Crippen LogP contribution in [0, 0.1) is 0 Å². The van der Waals surface area contributed by atoms with E-state index in [2.05, 4.69) is 41.8 Å². The van der Waals surface area contributed by atoms with E-state index in [4.69, 9.17) is 4.99 Å². The lowest BCUT2D eigenvalue weighted by molar-refractivity contribution is -0.138.